The molecule has 16 heavy (non-hydrogen) atoms. The zero-order valence-corrected chi connectivity index (χ0v) is 10.7. The molecule has 2 rings (SSSR count). The van der Waals surface area contributed by atoms with Crippen molar-refractivity contribution in [2.24, 2.45) is 5.73 Å². The molecular weight excluding hydrogens is 200 g/mol. The lowest BCUT2D eigenvalue weighted by Crippen LogP contribution is -2.18. The second-order valence-corrected chi connectivity index (χ2v) is 5.02. The zero-order valence-electron chi connectivity index (χ0n) is 10.7. The average molecular weight is 222 g/mol. The van der Waals surface area contributed by atoms with Gasteiger partial charge in [-0.05, 0) is 40.8 Å². The predicted octanol–water partition coefficient (Wildman–Crippen LogP) is 1.40. The van der Waals surface area contributed by atoms with Gasteiger partial charge in [0, 0.05) is 23.8 Å². The van der Waals surface area contributed by atoms with E-state index in [1.165, 1.54) is 17.7 Å². The molecule has 1 aliphatic heterocycles. The van der Waals surface area contributed by atoms with Crippen molar-refractivity contribution >= 4 is 0 Å². The highest BCUT2D eigenvalue weighted by molar-refractivity contribution is 5.28. The quantitative estimate of drug-likeness (QED) is 0.822. The molecule has 0 saturated carbocycles. The summed E-state index contributed by atoms with van der Waals surface area (Å²) in [4.78, 5) is 2.35. The highest BCUT2D eigenvalue weighted by Crippen LogP contribution is 2.26. The highest BCUT2D eigenvalue weighted by Gasteiger charge is 2.25. The van der Waals surface area contributed by atoms with E-state index in [0.717, 1.165) is 18.8 Å². The van der Waals surface area contributed by atoms with Gasteiger partial charge < -0.3 is 10.6 Å². The molecule has 0 aliphatic carbocycles. The van der Waals surface area contributed by atoms with Crippen molar-refractivity contribution in [3.8, 4) is 0 Å². The third-order valence-electron chi connectivity index (χ3n) is 3.55. The minimum atomic E-state index is 0.0767. The van der Waals surface area contributed by atoms with Crippen molar-refractivity contribution in [1.29, 1.82) is 0 Å². The molecule has 90 valence electrons. The second-order valence-electron chi connectivity index (χ2n) is 5.02. The molecule has 0 spiro atoms. The molecule has 1 aromatic rings. The van der Waals surface area contributed by atoms with E-state index < -0.39 is 0 Å². The molecule has 0 amide bonds. The lowest BCUT2D eigenvalue weighted by Gasteiger charge is -2.14. The topological polar surface area (TPSA) is 47.1 Å². The van der Waals surface area contributed by atoms with Crippen LogP contribution in [0.15, 0.2) is 0 Å². The summed E-state index contributed by atoms with van der Waals surface area (Å²) in [7, 11) is 2.16. The summed E-state index contributed by atoms with van der Waals surface area (Å²) in [5.41, 5.74) is 9.54. The van der Waals surface area contributed by atoms with E-state index in [9.17, 15) is 0 Å². The maximum absolute atomic E-state index is 5.99. The Kier molecular flexibility index (Phi) is 3.04. The fraction of sp³-hybridized carbons (Fsp3) is 0.750. The molecular formula is C12H22N4. The number of aromatic nitrogens is 2. The van der Waals surface area contributed by atoms with Crippen molar-refractivity contribution < 1.29 is 0 Å². The van der Waals surface area contributed by atoms with Crippen LogP contribution < -0.4 is 5.73 Å². The Labute approximate surface area is 97.4 Å². The van der Waals surface area contributed by atoms with E-state index in [0.29, 0.717) is 6.04 Å². The van der Waals surface area contributed by atoms with Crippen LogP contribution in [0.2, 0.25) is 0 Å². The first kappa shape index (κ1) is 11.6. The maximum atomic E-state index is 5.99. The SMILES string of the molecule is Cc1nn(C2CCN(C)C2)c(C)c1C(C)N. The first-order valence-electron chi connectivity index (χ1n) is 6.00. The molecule has 2 atom stereocenters. The number of nitrogens with zero attached hydrogens (tertiary/aromatic N) is 3. The molecule has 0 aromatic carbocycles. The number of aryl methyl sites for hydroxylation is 1. The summed E-state index contributed by atoms with van der Waals surface area (Å²) in [6.07, 6.45) is 1.19. The average Bonchev–Trinajstić information content (AvgIpc) is 2.70. The fourth-order valence-electron chi connectivity index (χ4n) is 2.80. The largest absolute Gasteiger partial charge is 0.324 e. The Hall–Kier alpha value is -0.870. The second kappa shape index (κ2) is 4.18. The zero-order chi connectivity index (χ0) is 11.9. The highest BCUT2D eigenvalue weighted by atomic mass is 15.3. The van der Waals surface area contributed by atoms with Crippen LogP contribution in [0, 0.1) is 13.8 Å². The van der Waals surface area contributed by atoms with Gasteiger partial charge in [0.15, 0.2) is 0 Å². The van der Waals surface area contributed by atoms with Gasteiger partial charge in [-0.2, -0.15) is 5.10 Å². The van der Waals surface area contributed by atoms with E-state index in [2.05, 4.69) is 35.6 Å². The summed E-state index contributed by atoms with van der Waals surface area (Å²) < 4.78 is 2.18. The van der Waals surface area contributed by atoms with Crippen molar-refractivity contribution in [1.82, 2.24) is 14.7 Å². The van der Waals surface area contributed by atoms with Crippen molar-refractivity contribution in [2.75, 3.05) is 20.1 Å². The van der Waals surface area contributed by atoms with Crippen LogP contribution in [0.25, 0.3) is 0 Å². The van der Waals surface area contributed by atoms with Crippen LogP contribution in [0.5, 0.6) is 0 Å². The van der Waals surface area contributed by atoms with Crippen LogP contribution in [0.1, 0.15) is 42.4 Å². The Morgan fingerprint density at radius 2 is 2.12 bits per heavy atom. The van der Waals surface area contributed by atoms with Gasteiger partial charge in [-0.3, -0.25) is 4.68 Å². The van der Waals surface area contributed by atoms with Gasteiger partial charge in [0.05, 0.1) is 11.7 Å². The van der Waals surface area contributed by atoms with E-state index >= 15 is 0 Å². The van der Waals surface area contributed by atoms with Gasteiger partial charge in [0.2, 0.25) is 0 Å². The van der Waals surface area contributed by atoms with Crippen LogP contribution >= 0.6 is 0 Å². The van der Waals surface area contributed by atoms with Crippen molar-refractivity contribution in [3.63, 3.8) is 0 Å². The third-order valence-corrected chi connectivity index (χ3v) is 3.55. The molecule has 2 heterocycles. The minimum absolute atomic E-state index is 0.0767. The van der Waals surface area contributed by atoms with Crippen LogP contribution in [-0.2, 0) is 0 Å². The molecule has 1 fully saturated rings. The lowest BCUT2D eigenvalue weighted by atomic mass is 10.1. The summed E-state index contributed by atoms with van der Waals surface area (Å²) in [5.74, 6) is 0. The molecule has 2 N–H and O–H groups in total. The Bertz CT molecular complexity index is 381. The van der Waals surface area contributed by atoms with Gasteiger partial charge in [-0.25, -0.2) is 0 Å². The van der Waals surface area contributed by atoms with Crippen molar-refractivity contribution in [2.45, 2.75) is 39.3 Å². The summed E-state index contributed by atoms with van der Waals surface area (Å²) in [6, 6.07) is 0.601. The molecule has 1 aliphatic rings. The summed E-state index contributed by atoms with van der Waals surface area (Å²) in [6.45, 7) is 8.48. The van der Waals surface area contributed by atoms with E-state index in [4.69, 9.17) is 5.73 Å². The molecule has 1 saturated heterocycles. The van der Waals surface area contributed by atoms with Gasteiger partial charge in [0.1, 0.15) is 0 Å². The van der Waals surface area contributed by atoms with Crippen LogP contribution in [0.4, 0.5) is 0 Å². The number of hydrogen-bond donors (Lipinski definition) is 1. The van der Waals surface area contributed by atoms with Gasteiger partial charge >= 0.3 is 0 Å². The van der Waals surface area contributed by atoms with E-state index in [-0.39, 0.29) is 6.04 Å². The number of nitrogens with two attached hydrogens (primary N) is 1. The Morgan fingerprint density at radius 1 is 1.44 bits per heavy atom. The Morgan fingerprint density at radius 3 is 2.56 bits per heavy atom. The molecule has 1 aromatic heterocycles. The first-order valence-corrected chi connectivity index (χ1v) is 6.00. The van der Waals surface area contributed by atoms with Crippen molar-refractivity contribution in [3.05, 3.63) is 17.0 Å². The molecule has 4 heteroatoms. The van der Waals surface area contributed by atoms with E-state index in [1.807, 2.05) is 6.92 Å². The molecule has 2 unspecified atom stereocenters. The predicted molar refractivity (Wildman–Crippen MR) is 65.5 cm³/mol. The Balaban J connectivity index is 2.32. The van der Waals surface area contributed by atoms with E-state index in [1.54, 1.807) is 0 Å². The maximum Gasteiger partial charge on any atom is 0.0661 e. The number of rotatable bonds is 2. The van der Waals surface area contributed by atoms with Gasteiger partial charge in [-0.1, -0.05) is 0 Å². The summed E-state index contributed by atoms with van der Waals surface area (Å²) >= 11 is 0. The fourth-order valence-corrected chi connectivity index (χ4v) is 2.80. The molecule has 4 nitrogen and oxygen atoms in total. The number of likely N-dealkylation sites (N-methyl/N-ethyl adjacent to an activating group) is 1. The van der Waals surface area contributed by atoms with Gasteiger partial charge in [0.25, 0.3) is 0 Å². The third kappa shape index (κ3) is 1.87. The standard InChI is InChI=1S/C12H22N4/c1-8(13)12-9(2)14-16(10(12)3)11-5-6-15(4)7-11/h8,11H,5-7,13H2,1-4H3. The lowest BCUT2D eigenvalue weighted by molar-refractivity contribution is 0.379. The number of hydrogen-bond acceptors (Lipinski definition) is 3. The summed E-state index contributed by atoms with van der Waals surface area (Å²) in [5, 5.41) is 4.66. The minimum Gasteiger partial charge on any atom is -0.324 e. The normalized spacial score (nSPS) is 23.9. The van der Waals surface area contributed by atoms with Crippen LogP contribution in [0.3, 0.4) is 0 Å². The van der Waals surface area contributed by atoms with Gasteiger partial charge in [-0.15, -0.1) is 0 Å². The first-order chi connectivity index (χ1) is 7.50. The smallest absolute Gasteiger partial charge is 0.0661 e. The molecule has 0 bridgehead atoms. The number of likely N-dealkylation sites (tertiary alicyclic amines) is 1. The monoisotopic (exact) mass is 222 g/mol. The van der Waals surface area contributed by atoms with Crippen LogP contribution in [-0.4, -0.2) is 34.8 Å². The molecule has 0 radical (unpaired) electrons.